The van der Waals surface area contributed by atoms with E-state index in [0.717, 1.165) is 10.3 Å². The zero-order valence-electron chi connectivity index (χ0n) is 16.5. The molecule has 0 aromatic carbocycles. The van der Waals surface area contributed by atoms with E-state index in [2.05, 4.69) is 25.8 Å². The second kappa shape index (κ2) is 14.3. The molecule has 144 valence electrons. The van der Waals surface area contributed by atoms with Crippen LogP contribution in [0.5, 0.6) is 5.75 Å². The summed E-state index contributed by atoms with van der Waals surface area (Å²) >= 11 is 3.41. The molecular weight excluding hydrogens is 392 g/mol. The quantitative estimate of drug-likeness (QED) is 0.615. The number of piperidine rings is 1. The lowest BCUT2D eigenvalue weighted by atomic mass is 10.1. The summed E-state index contributed by atoms with van der Waals surface area (Å²) in [6.45, 7) is 11.3. The van der Waals surface area contributed by atoms with E-state index in [0.29, 0.717) is 37.4 Å². The summed E-state index contributed by atoms with van der Waals surface area (Å²) in [6.07, 6.45) is 10.5. The first kappa shape index (κ1) is 24.1. The molecule has 5 heteroatoms. The molecule has 1 aliphatic heterocycles. The average Bonchev–Trinajstić information content (AvgIpc) is 2.67. The lowest BCUT2D eigenvalue weighted by molar-refractivity contribution is -0.119. The molecule has 1 aromatic heterocycles. The summed E-state index contributed by atoms with van der Waals surface area (Å²) in [4.78, 5) is 17.9. The molecule has 0 unspecified atom stereocenters. The maximum atomic E-state index is 11.3. The summed E-state index contributed by atoms with van der Waals surface area (Å²) in [6, 6.07) is 3.43. The Morgan fingerprint density at radius 2 is 1.81 bits per heavy atom. The molecule has 0 spiro atoms. The Hall–Kier alpha value is -1.88. The number of allylic oxidation sites excluding steroid dienone is 5. The van der Waals surface area contributed by atoms with Gasteiger partial charge in [-0.1, -0.05) is 61.9 Å². The smallest absolute Gasteiger partial charge is 0.141 e. The molecule has 1 fully saturated rings. The fraction of sp³-hybridized carbons (Fsp3) is 0.429. The van der Waals surface area contributed by atoms with E-state index in [1.165, 1.54) is 0 Å². The van der Waals surface area contributed by atoms with Crippen LogP contribution in [-0.4, -0.2) is 29.0 Å². The van der Waals surface area contributed by atoms with Crippen molar-refractivity contribution in [1.82, 2.24) is 4.98 Å². The van der Waals surface area contributed by atoms with Gasteiger partial charge in [0.15, 0.2) is 0 Å². The first-order chi connectivity index (χ1) is 12.6. The number of aromatic hydroxyl groups is 1. The van der Waals surface area contributed by atoms with Crippen LogP contribution in [0.3, 0.4) is 0 Å². The number of carbonyl (C=O) groups excluding carboxylic acids is 1. The number of carbonyl (C=O) groups is 1. The number of halogens is 1. The lowest BCUT2D eigenvalue weighted by Gasteiger charge is -2.27. The fourth-order valence-electron chi connectivity index (χ4n) is 2.19. The topological polar surface area (TPSA) is 53.4 Å². The molecule has 4 nitrogen and oxygen atoms in total. The predicted molar refractivity (Wildman–Crippen MR) is 116 cm³/mol. The second-order valence-electron chi connectivity index (χ2n) is 5.01. The number of anilines is 1. The van der Waals surface area contributed by atoms with E-state index < -0.39 is 0 Å². The largest absolute Gasteiger partial charge is 0.506 e. The molecule has 26 heavy (non-hydrogen) atoms. The number of pyridine rings is 1. The predicted octanol–water partition coefficient (Wildman–Crippen LogP) is 5.88. The number of aromatic nitrogens is 1. The summed E-state index contributed by atoms with van der Waals surface area (Å²) in [5.41, 5.74) is 0.520. The molecule has 0 saturated carbocycles. The van der Waals surface area contributed by atoms with Crippen molar-refractivity contribution in [3.8, 4) is 5.75 Å². The third-order valence-electron chi connectivity index (χ3n) is 3.37. The summed E-state index contributed by atoms with van der Waals surface area (Å²) < 4.78 is 0.941. The molecule has 1 aliphatic rings. The van der Waals surface area contributed by atoms with E-state index in [4.69, 9.17) is 0 Å². The molecule has 0 radical (unpaired) electrons. The molecule has 1 aromatic rings. The third-order valence-corrected chi connectivity index (χ3v) is 3.90. The number of hydrogen-bond donors (Lipinski definition) is 1. The van der Waals surface area contributed by atoms with Crippen LogP contribution in [0.2, 0.25) is 0 Å². The molecule has 0 bridgehead atoms. The van der Waals surface area contributed by atoms with Crippen LogP contribution in [0.4, 0.5) is 5.82 Å². The van der Waals surface area contributed by atoms with Gasteiger partial charge in [0.1, 0.15) is 23.0 Å². The van der Waals surface area contributed by atoms with Crippen molar-refractivity contribution in [2.75, 3.05) is 18.0 Å². The Bertz CT molecular complexity index is 627. The molecule has 2 heterocycles. The summed E-state index contributed by atoms with van der Waals surface area (Å²) in [5.74, 6) is 1.24. The molecule has 2 rings (SSSR count). The van der Waals surface area contributed by atoms with Gasteiger partial charge < -0.3 is 10.0 Å². The number of hydrogen-bond acceptors (Lipinski definition) is 4. The van der Waals surface area contributed by atoms with Gasteiger partial charge in [-0.3, -0.25) is 4.79 Å². The van der Waals surface area contributed by atoms with Crippen LogP contribution in [0.25, 0.3) is 6.08 Å². The second-order valence-corrected chi connectivity index (χ2v) is 5.93. The van der Waals surface area contributed by atoms with Crippen LogP contribution >= 0.6 is 15.9 Å². The minimum absolute atomic E-state index is 0.142. The third kappa shape index (κ3) is 8.48. The van der Waals surface area contributed by atoms with Crippen LogP contribution in [-0.2, 0) is 4.79 Å². The van der Waals surface area contributed by atoms with E-state index in [9.17, 15) is 9.90 Å². The van der Waals surface area contributed by atoms with E-state index in [-0.39, 0.29) is 5.75 Å². The molecule has 0 atom stereocenters. The van der Waals surface area contributed by atoms with Gasteiger partial charge in [-0.05, 0) is 31.2 Å². The number of rotatable bonds is 4. The Morgan fingerprint density at radius 3 is 2.38 bits per heavy atom. The van der Waals surface area contributed by atoms with Gasteiger partial charge >= 0.3 is 0 Å². The first-order valence-corrected chi connectivity index (χ1v) is 10.0. The molecule has 1 N–H and O–H groups in total. The van der Waals surface area contributed by atoms with Gasteiger partial charge in [-0.2, -0.15) is 0 Å². The summed E-state index contributed by atoms with van der Waals surface area (Å²) in [7, 11) is 0. The Kier molecular flexibility index (Phi) is 13.3. The number of ketones is 1. The highest BCUT2D eigenvalue weighted by molar-refractivity contribution is 9.11. The van der Waals surface area contributed by atoms with Crippen molar-refractivity contribution in [1.29, 1.82) is 0 Å². The van der Waals surface area contributed by atoms with E-state index >= 15 is 0 Å². The SMILES string of the molecule is CC.CC.C\C=C/C(Br)=C\C=C\c1nc(N2CCC(=O)CC2)ccc1O. The van der Waals surface area contributed by atoms with Gasteiger partial charge in [0.2, 0.25) is 0 Å². The zero-order valence-corrected chi connectivity index (χ0v) is 18.1. The Balaban J connectivity index is 0.00000146. The molecule has 0 amide bonds. The van der Waals surface area contributed by atoms with Crippen LogP contribution < -0.4 is 4.90 Å². The van der Waals surface area contributed by atoms with Gasteiger partial charge in [-0.15, -0.1) is 0 Å². The van der Waals surface area contributed by atoms with Crippen LogP contribution in [0, 0.1) is 0 Å². The Morgan fingerprint density at radius 1 is 1.19 bits per heavy atom. The van der Waals surface area contributed by atoms with Crippen LogP contribution in [0.1, 0.15) is 53.2 Å². The van der Waals surface area contributed by atoms with Crippen molar-refractivity contribution in [3.05, 3.63) is 46.6 Å². The number of Topliss-reactive ketones (excluding diaryl/α,β-unsaturated/α-hetero) is 1. The monoisotopic (exact) mass is 422 g/mol. The van der Waals surface area contributed by atoms with Crippen LogP contribution in [0.15, 0.2) is 40.9 Å². The zero-order chi connectivity index (χ0) is 19.9. The number of nitrogens with zero attached hydrogens (tertiary/aromatic N) is 2. The molecular formula is C21H31BrN2O2. The standard InChI is InChI=1S/C17H19BrN2O2.2C2H6/c1-2-4-13(18)5-3-6-15-16(22)7-8-17(19-15)20-11-9-14(21)10-12-20;2*1-2/h2-8,22H,9-12H2,1H3;2*1-2H3/b4-2-,6-3+,13-5+;;. The fourth-order valence-corrected chi connectivity index (χ4v) is 2.60. The highest BCUT2D eigenvalue weighted by Gasteiger charge is 2.17. The van der Waals surface area contributed by atoms with Crippen molar-refractivity contribution < 1.29 is 9.90 Å². The van der Waals surface area contributed by atoms with Crippen molar-refractivity contribution in [2.24, 2.45) is 0 Å². The van der Waals surface area contributed by atoms with E-state index in [1.807, 2.05) is 58.9 Å². The van der Waals surface area contributed by atoms with E-state index in [1.54, 1.807) is 18.2 Å². The highest BCUT2D eigenvalue weighted by atomic mass is 79.9. The summed E-state index contributed by atoms with van der Waals surface area (Å²) in [5, 5.41) is 9.91. The average molecular weight is 423 g/mol. The minimum atomic E-state index is 0.142. The minimum Gasteiger partial charge on any atom is -0.506 e. The lowest BCUT2D eigenvalue weighted by Crippen LogP contribution is -2.34. The molecule has 1 saturated heterocycles. The Labute approximate surface area is 166 Å². The maximum absolute atomic E-state index is 11.3. The highest BCUT2D eigenvalue weighted by Crippen LogP contribution is 2.23. The van der Waals surface area contributed by atoms with Gasteiger partial charge in [0.05, 0.1) is 0 Å². The maximum Gasteiger partial charge on any atom is 0.141 e. The molecule has 0 aliphatic carbocycles. The van der Waals surface area contributed by atoms with Gasteiger partial charge in [-0.25, -0.2) is 4.98 Å². The first-order valence-electron chi connectivity index (χ1n) is 9.23. The van der Waals surface area contributed by atoms with Gasteiger partial charge in [0, 0.05) is 30.4 Å². The normalized spacial score (nSPS) is 14.8. The van der Waals surface area contributed by atoms with Crippen molar-refractivity contribution in [2.45, 2.75) is 47.5 Å². The van der Waals surface area contributed by atoms with Crippen molar-refractivity contribution in [3.63, 3.8) is 0 Å². The van der Waals surface area contributed by atoms with Crippen molar-refractivity contribution >= 4 is 33.6 Å². The van der Waals surface area contributed by atoms with Gasteiger partial charge in [0.25, 0.3) is 0 Å².